The molecule has 0 aliphatic heterocycles. The topological polar surface area (TPSA) is 73.1 Å². The van der Waals surface area contributed by atoms with Gasteiger partial charge in [-0.25, -0.2) is 14.4 Å². The lowest BCUT2D eigenvalue weighted by molar-refractivity contribution is -0.140. The van der Waals surface area contributed by atoms with Gasteiger partial charge in [-0.2, -0.15) is 18.4 Å². The van der Waals surface area contributed by atoms with Crippen LogP contribution < -0.4 is 10.6 Å². The quantitative estimate of drug-likeness (QED) is 0.443. The Hall–Kier alpha value is -2.67. The van der Waals surface area contributed by atoms with Gasteiger partial charge in [0.1, 0.15) is 5.82 Å². The number of aromatic nitrogens is 1. The molecule has 0 bridgehead atoms. The second-order valence-corrected chi connectivity index (χ2v) is 6.36. The SMILES string of the molecule is CCNC(=NCc1cc(C#N)ccc1F)NCCc1nc(C(F)(F)F)cs1. The van der Waals surface area contributed by atoms with Crippen molar-refractivity contribution in [3.05, 3.63) is 51.2 Å². The predicted octanol–water partition coefficient (Wildman–Crippen LogP) is 3.47. The summed E-state index contributed by atoms with van der Waals surface area (Å²) in [6, 6.07) is 5.96. The number of nitriles is 1. The van der Waals surface area contributed by atoms with Crippen LogP contribution in [0.1, 0.15) is 28.8 Å². The maximum absolute atomic E-state index is 13.8. The lowest BCUT2D eigenvalue weighted by Crippen LogP contribution is -2.38. The molecule has 0 amide bonds. The van der Waals surface area contributed by atoms with Gasteiger partial charge >= 0.3 is 6.18 Å². The average molecular weight is 399 g/mol. The summed E-state index contributed by atoms with van der Waals surface area (Å²) in [6.45, 7) is 2.75. The first-order valence-electron chi connectivity index (χ1n) is 8.05. The highest BCUT2D eigenvalue weighted by Crippen LogP contribution is 2.29. The first-order valence-corrected chi connectivity index (χ1v) is 8.93. The van der Waals surface area contributed by atoms with E-state index < -0.39 is 17.7 Å². The second-order valence-electron chi connectivity index (χ2n) is 5.41. The highest BCUT2D eigenvalue weighted by atomic mass is 32.1. The Kier molecular flexibility index (Phi) is 7.12. The van der Waals surface area contributed by atoms with E-state index in [0.29, 0.717) is 36.0 Å². The van der Waals surface area contributed by atoms with Crippen molar-refractivity contribution in [2.45, 2.75) is 26.1 Å². The second kappa shape index (κ2) is 9.32. The summed E-state index contributed by atoms with van der Waals surface area (Å²) >= 11 is 0.946. The van der Waals surface area contributed by atoms with Gasteiger partial charge in [0.15, 0.2) is 11.7 Å². The minimum Gasteiger partial charge on any atom is -0.357 e. The smallest absolute Gasteiger partial charge is 0.357 e. The van der Waals surface area contributed by atoms with Gasteiger partial charge in [-0.3, -0.25) is 0 Å². The molecule has 2 rings (SSSR count). The fourth-order valence-electron chi connectivity index (χ4n) is 2.12. The Morgan fingerprint density at radius 2 is 2.11 bits per heavy atom. The highest BCUT2D eigenvalue weighted by molar-refractivity contribution is 7.09. The number of guanidine groups is 1. The summed E-state index contributed by atoms with van der Waals surface area (Å²) in [4.78, 5) is 7.81. The summed E-state index contributed by atoms with van der Waals surface area (Å²) < 4.78 is 51.4. The molecule has 0 aliphatic rings. The number of thiazole rings is 1. The third-order valence-corrected chi connectivity index (χ3v) is 4.31. The fraction of sp³-hybridized carbons (Fsp3) is 0.353. The number of nitrogens with one attached hydrogen (secondary N) is 2. The molecule has 5 nitrogen and oxygen atoms in total. The Labute approximate surface area is 157 Å². The largest absolute Gasteiger partial charge is 0.434 e. The third-order valence-electron chi connectivity index (χ3n) is 3.40. The number of nitrogens with zero attached hydrogens (tertiary/aromatic N) is 3. The van der Waals surface area contributed by atoms with Crippen molar-refractivity contribution in [2.24, 2.45) is 4.99 Å². The fourth-order valence-corrected chi connectivity index (χ4v) is 2.92. The zero-order valence-electron chi connectivity index (χ0n) is 14.4. The van der Waals surface area contributed by atoms with Crippen LogP contribution in [0.15, 0.2) is 28.6 Å². The molecule has 0 spiro atoms. The van der Waals surface area contributed by atoms with E-state index in [2.05, 4.69) is 20.6 Å². The Morgan fingerprint density at radius 1 is 1.33 bits per heavy atom. The molecule has 2 N–H and O–H groups in total. The highest BCUT2D eigenvalue weighted by Gasteiger charge is 2.33. The third kappa shape index (κ3) is 6.21. The van der Waals surface area contributed by atoms with Gasteiger partial charge in [0, 0.05) is 30.5 Å². The van der Waals surface area contributed by atoms with Gasteiger partial charge in [0.2, 0.25) is 0 Å². The Morgan fingerprint density at radius 3 is 2.74 bits per heavy atom. The van der Waals surface area contributed by atoms with Crippen LogP contribution in [0.2, 0.25) is 0 Å². The van der Waals surface area contributed by atoms with E-state index in [9.17, 15) is 17.6 Å². The number of alkyl halides is 3. The maximum atomic E-state index is 13.8. The normalized spacial score (nSPS) is 11.9. The molecule has 0 atom stereocenters. The van der Waals surface area contributed by atoms with E-state index in [1.807, 2.05) is 13.0 Å². The standard InChI is InChI=1S/C17H17F4N5S/c1-2-23-16(25-9-12-7-11(8-22)3-4-13(12)18)24-6-5-15-26-14(10-27-15)17(19,20)21/h3-4,7,10H,2,5-6,9H2,1H3,(H2,23,24,25). The van der Waals surface area contributed by atoms with E-state index in [1.165, 1.54) is 18.2 Å². The van der Waals surface area contributed by atoms with E-state index in [-0.39, 0.29) is 12.1 Å². The van der Waals surface area contributed by atoms with Crippen LogP contribution in [0.3, 0.4) is 0 Å². The maximum Gasteiger partial charge on any atom is 0.434 e. The predicted molar refractivity (Wildman–Crippen MR) is 94.8 cm³/mol. The first kappa shape index (κ1) is 20.6. The summed E-state index contributed by atoms with van der Waals surface area (Å²) in [5, 5.41) is 16.2. The monoisotopic (exact) mass is 399 g/mol. The van der Waals surface area contributed by atoms with Crippen molar-refractivity contribution in [3.63, 3.8) is 0 Å². The van der Waals surface area contributed by atoms with Gasteiger partial charge in [-0.1, -0.05) is 0 Å². The van der Waals surface area contributed by atoms with Gasteiger partial charge in [0.05, 0.1) is 23.2 Å². The summed E-state index contributed by atoms with van der Waals surface area (Å²) in [7, 11) is 0. The van der Waals surface area contributed by atoms with Crippen LogP contribution in [0.5, 0.6) is 0 Å². The number of aliphatic imine (C=N–C) groups is 1. The number of hydrogen-bond acceptors (Lipinski definition) is 4. The first-order chi connectivity index (χ1) is 12.8. The summed E-state index contributed by atoms with van der Waals surface area (Å²) in [5.41, 5.74) is -0.277. The molecule has 0 unspecified atom stereocenters. The molecule has 1 aromatic carbocycles. The summed E-state index contributed by atoms with van der Waals surface area (Å²) in [6.07, 6.45) is -4.15. The van der Waals surface area contributed by atoms with Crippen LogP contribution in [-0.4, -0.2) is 24.0 Å². The molecule has 1 aromatic heterocycles. The number of halogens is 4. The summed E-state index contributed by atoms with van der Waals surface area (Å²) in [5.74, 6) is -0.0667. The van der Waals surface area contributed by atoms with E-state index in [0.717, 1.165) is 16.7 Å². The Balaban J connectivity index is 1.96. The van der Waals surface area contributed by atoms with Crippen molar-refractivity contribution < 1.29 is 17.6 Å². The van der Waals surface area contributed by atoms with E-state index in [1.54, 1.807) is 0 Å². The molecule has 27 heavy (non-hydrogen) atoms. The van der Waals surface area contributed by atoms with Crippen LogP contribution in [0.4, 0.5) is 17.6 Å². The molecule has 0 saturated heterocycles. The molecule has 144 valence electrons. The molecule has 0 fully saturated rings. The van der Waals surface area contributed by atoms with Crippen LogP contribution in [0, 0.1) is 17.1 Å². The lowest BCUT2D eigenvalue weighted by atomic mass is 10.1. The van der Waals surface area contributed by atoms with Gasteiger partial charge in [-0.15, -0.1) is 11.3 Å². The molecule has 0 saturated carbocycles. The van der Waals surface area contributed by atoms with E-state index in [4.69, 9.17) is 5.26 Å². The van der Waals surface area contributed by atoms with Crippen LogP contribution >= 0.6 is 11.3 Å². The average Bonchev–Trinajstić information content (AvgIpc) is 3.10. The van der Waals surface area contributed by atoms with Crippen LogP contribution in [-0.2, 0) is 19.1 Å². The zero-order valence-corrected chi connectivity index (χ0v) is 15.2. The molecule has 1 heterocycles. The minimum atomic E-state index is -4.44. The molecule has 0 aliphatic carbocycles. The molecular weight excluding hydrogens is 382 g/mol. The molecule has 0 radical (unpaired) electrons. The molecular formula is C17H17F4N5S. The lowest BCUT2D eigenvalue weighted by Gasteiger charge is -2.11. The van der Waals surface area contributed by atoms with Gasteiger partial charge < -0.3 is 10.6 Å². The van der Waals surface area contributed by atoms with E-state index >= 15 is 0 Å². The van der Waals surface area contributed by atoms with Gasteiger partial charge in [-0.05, 0) is 25.1 Å². The Bertz CT molecular complexity index is 839. The van der Waals surface area contributed by atoms with Crippen molar-refractivity contribution >= 4 is 17.3 Å². The molecule has 10 heteroatoms. The minimum absolute atomic E-state index is 0.0200. The van der Waals surface area contributed by atoms with Crippen molar-refractivity contribution in [1.29, 1.82) is 5.26 Å². The van der Waals surface area contributed by atoms with Crippen molar-refractivity contribution in [3.8, 4) is 6.07 Å². The van der Waals surface area contributed by atoms with Crippen molar-refractivity contribution in [2.75, 3.05) is 13.1 Å². The van der Waals surface area contributed by atoms with Crippen molar-refractivity contribution in [1.82, 2.24) is 15.6 Å². The number of hydrogen-bond donors (Lipinski definition) is 2. The van der Waals surface area contributed by atoms with Crippen LogP contribution in [0.25, 0.3) is 0 Å². The molecule has 2 aromatic rings. The number of rotatable bonds is 6. The number of benzene rings is 1. The van der Waals surface area contributed by atoms with Gasteiger partial charge in [0.25, 0.3) is 0 Å². The zero-order chi connectivity index (χ0) is 19.9.